The van der Waals surface area contributed by atoms with Gasteiger partial charge in [-0.05, 0) is 12.3 Å². The number of aliphatic hydroxyl groups excluding tert-OH is 1. The summed E-state index contributed by atoms with van der Waals surface area (Å²) in [6.45, 7) is 0.528. The van der Waals surface area contributed by atoms with E-state index in [0.717, 1.165) is 6.42 Å². The first-order valence-corrected chi connectivity index (χ1v) is 4.72. The maximum absolute atomic E-state index is 11.0. The molecule has 0 aromatic heterocycles. The molecule has 6 atom stereocenters. The second kappa shape index (κ2) is 2.25. The van der Waals surface area contributed by atoms with Gasteiger partial charge >= 0.3 is 5.97 Å². The van der Waals surface area contributed by atoms with Crippen LogP contribution in [0.2, 0.25) is 0 Å². The summed E-state index contributed by atoms with van der Waals surface area (Å²) < 4.78 is 5.41. The summed E-state index contributed by atoms with van der Waals surface area (Å²) in [6, 6.07) is 0. The zero-order chi connectivity index (χ0) is 9.16. The van der Waals surface area contributed by atoms with Crippen molar-refractivity contribution in [2.24, 2.45) is 23.7 Å². The molecule has 1 saturated heterocycles. The molecule has 0 aromatic rings. The van der Waals surface area contributed by atoms with Crippen molar-refractivity contribution in [1.29, 1.82) is 0 Å². The number of aliphatic carboxylic acids is 1. The van der Waals surface area contributed by atoms with Crippen molar-refractivity contribution >= 4 is 5.97 Å². The summed E-state index contributed by atoms with van der Waals surface area (Å²) >= 11 is 0. The largest absolute Gasteiger partial charge is 0.481 e. The Balaban J connectivity index is 1.98. The SMILES string of the molecule is O=C(O)[C@H]1[C@H]2C[C@H]3[C@@H]1CO[C@H]3[C@@H]2O. The Labute approximate surface area is 75.5 Å². The molecule has 3 rings (SSSR count). The number of hydrogen-bond acceptors (Lipinski definition) is 3. The predicted molar refractivity (Wildman–Crippen MR) is 42.0 cm³/mol. The highest BCUT2D eigenvalue weighted by Gasteiger charge is 2.63. The third-order valence-electron chi connectivity index (χ3n) is 3.98. The lowest BCUT2D eigenvalue weighted by atomic mass is 9.79. The van der Waals surface area contributed by atoms with Gasteiger partial charge < -0.3 is 14.9 Å². The van der Waals surface area contributed by atoms with E-state index < -0.39 is 12.1 Å². The molecular formula is C9H12O4. The molecule has 1 heterocycles. The van der Waals surface area contributed by atoms with Crippen LogP contribution in [-0.2, 0) is 9.53 Å². The lowest BCUT2D eigenvalue weighted by Gasteiger charge is -2.27. The highest BCUT2D eigenvalue weighted by atomic mass is 16.5. The minimum atomic E-state index is -0.763. The monoisotopic (exact) mass is 184 g/mol. The Morgan fingerprint density at radius 3 is 2.77 bits per heavy atom. The maximum Gasteiger partial charge on any atom is 0.307 e. The molecule has 4 nitrogen and oxygen atoms in total. The van der Waals surface area contributed by atoms with Gasteiger partial charge in [-0.2, -0.15) is 0 Å². The summed E-state index contributed by atoms with van der Waals surface area (Å²) in [6.07, 6.45) is 0.239. The van der Waals surface area contributed by atoms with Gasteiger partial charge in [0.05, 0.1) is 24.7 Å². The number of hydrogen-bond donors (Lipinski definition) is 2. The molecule has 0 amide bonds. The summed E-state index contributed by atoms with van der Waals surface area (Å²) in [5.74, 6) is -0.712. The molecule has 2 saturated carbocycles. The third-order valence-corrected chi connectivity index (χ3v) is 3.98. The average molecular weight is 184 g/mol. The van der Waals surface area contributed by atoms with Crippen LogP contribution < -0.4 is 0 Å². The van der Waals surface area contributed by atoms with Crippen LogP contribution in [0.1, 0.15) is 6.42 Å². The molecule has 1 aliphatic heterocycles. The van der Waals surface area contributed by atoms with Crippen molar-refractivity contribution < 1.29 is 19.7 Å². The molecule has 0 unspecified atom stereocenters. The first-order valence-electron chi connectivity index (χ1n) is 4.72. The van der Waals surface area contributed by atoms with Crippen LogP contribution in [0.3, 0.4) is 0 Å². The van der Waals surface area contributed by atoms with Gasteiger partial charge in [0.2, 0.25) is 0 Å². The second-order valence-corrected chi connectivity index (χ2v) is 4.38. The van der Waals surface area contributed by atoms with Crippen molar-refractivity contribution in [3.05, 3.63) is 0 Å². The van der Waals surface area contributed by atoms with Gasteiger partial charge in [0, 0.05) is 11.8 Å². The average Bonchev–Trinajstić information content (AvgIpc) is 2.61. The zero-order valence-electron chi connectivity index (χ0n) is 7.09. The highest BCUT2D eigenvalue weighted by Crippen LogP contribution is 2.57. The van der Waals surface area contributed by atoms with E-state index in [1.807, 2.05) is 0 Å². The molecule has 2 N–H and O–H groups in total. The van der Waals surface area contributed by atoms with Crippen molar-refractivity contribution in [1.82, 2.24) is 0 Å². The Kier molecular flexibility index (Phi) is 1.34. The number of carbonyl (C=O) groups is 1. The molecule has 72 valence electrons. The molecule has 2 aliphatic carbocycles. The molecular weight excluding hydrogens is 172 g/mol. The third kappa shape index (κ3) is 0.758. The van der Waals surface area contributed by atoms with E-state index in [1.165, 1.54) is 0 Å². The Morgan fingerprint density at radius 1 is 1.31 bits per heavy atom. The zero-order valence-corrected chi connectivity index (χ0v) is 7.09. The van der Waals surface area contributed by atoms with Crippen LogP contribution in [0.4, 0.5) is 0 Å². The van der Waals surface area contributed by atoms with E-state index in [9.17, 15) is 9.90 Å². The summed E-state index contributed by atoms with van der Waals surface area (Å²) in [7, 11) is 0. The first-order chi connectivity index (χ1) is 6.20. The smallest absolute Gasteiger partial charge is 0.307 e. The summed E-state index contributed by atoms with van der Waals surface area (Å²) in [5.41, 5.74) is 0. The van der Waals surface area contributed by atoms with E-state index in [-0.39, 0.29) is 23.9 Å². The topological polar surface area (TPSA) is 66.8 Å². The fraction of sp³-hybridized carbons (Fsp3) is 0.889. The van der Waals surface area contributed by atoms with E-state index in [2.05, 4.69) is 0 Å². The molecule has 0 aromatic carbocycles. The molecule has 3 fully saturated rings. The van der Waals surface area contributed by atoms with E-state index in [0.29, 0.717) is 12.5 Å². The van der Waals surface area contributed by atoms with E-state index in [4.69, 9.17) is 9.84 Å². The lowest BCUT2D eigenvalue weighted by molar-refractivity contribution is -0.147. The van der Waals surface area contributed by atoms with Crippen LogP contribution in [-0.4, -0.2) is 35.0 Å². The molecule has 0 radical (unpaired) electrons. The number of rotatable bonds is 1. The van der Waals surface area contributed by atoms with E-state index >= 15 is 0 Å². The van der Waals surface area contributed by atoms with Crippen molar-refractivity contribution in [3.8, 4) is 0 Å². The minimum absolute atomic E-state index is 0.0556. The van der Waals surface area contributed by atoms with Crippen LogP contribution in [0, 0.1) is 23.7 Å². The number of fused-ring (bicyclic) bond motifs is 1. The van der Waals surface area contributed by atoms with Gasteiger partial charge in [-0.25, -0.2) is 0 Å². The molecule has 3 aliphatic rings. The van der Waals surface area contributed by atoms with Crippen molar-refractivity contribution in [3.63, 3.8) is 0 Å². The van der Waals surface area contributed by atoms with Crippen molar-refractivity contribution in [2.75, 3.05) is 6.61 Å². The molecule has 4 heteroatoms. The molecule has 13 heavy (non-hydrogen) atoms. The first kappa shape index (κ1) is 7.76. The van der Waals surface area contributed by atoms with Gasteiger partial charge in [-0.3, -0.25) is 4.79 Å². The van der Waals surface area contributed by atoms with Crippen LogP contribution >= 0.6 is 0 Å². The van der Waals surface area contributed by atoms with Crippen LogP contribution in [0.5, 0.6) is 0 Å². The van der Waals surface area contributed by atoms with Gasteiger partial charge in [0.15, 0.2) is 0 Å². The Bertz CT molecular complexity index is 264. The number of aliphatic hydroxyl groups is 1. The summed E-state index contributed by atoms with van der Waals surface area (Å²) in [4.78, 5) is 11.0. The number of carboxylic acids is 1. The van der Waals surface area contributed by atoms with Crippen molar-refractivity contribution in [2.45, 2.75) is 18.6 Å². The highest BCUT2D eigenvalue weighted by molar-refractivity contribution is 5.72. The fourth-order valence-electron chi connectivity index (χ4n) is 3.48. The quantitative estimate of drug-likeness (QED) is 0.587. The number of ether oxygens (including phenoxy) is 1. The van der Waals surface area contributed by atoms with Gasteiger partial charge in [0.1, 0.15) is 0 Å². The standard InChI is InChI=1S/C9H12O4/c10-7-4-1-3-5(2-13-8(3)7)6(4)9(11)12/h3-8,10H,1-2H2,(H,11,12)/t3-,4+,5-,6-,7+,8+/m0/s1. The van der Waals surface area contributed by atoms with Gasteiger partial charge in [-0.15, -0.1) is 0 Å². The minimum Gasteiger partial charge on any atom is -0.481 e. The van der Waals surface area contributed by atoms with Gasteiger partial charge in [0.25, 0.3) is 0 Å². The van der Waals surface area contributed by atoms with Gasteiger partial charge in [-0.1, -0.05) is 0 Å². The molecule has 2 bridgehead atoms. The predicted octanol–water partition coefficient (Wildman–Crippen LogP) is -0.287. The second-order valence-electron chi connectivity index (χ2n) is 4.38. The van der Waals surface area contributed by atoms with E-state index in [1.54, 1.807) is 0 Å². The lowest BCUT2D eigenvalue weighted by Crippen LogP contribution is -2.40. The Hall–Kier alpha value is -0.610. The van der Waals surface area contributed by atoms with Crippen LogP contribution in [0.15, 0.2) is 0 Å². The summed E-state index contributed by atoms with van der Waals surface area (Å²) in [5, 5.41) is 18.7. The molecule has 0 spiro atoms. The Morgan fingerprint density at radius 2 is 2.08 bits per heavy atom. The normalized spacial score (nSPS) is 57.3. The maximum atomic E-state index is 11.0. The number of carboxylic acid groups (broad SMARTS) is 1. The van der Waals surface area contributed by atoms with Crippen LogP contribution in [0.25, 0.3) is 0 Å². The fourth-order valence-corrected chi connectivity index (χ4v) is 3.48.